The minimum atomic E-state index is -0.245. The third kappa shape index (κ3) is 3.36. The number of morpholine rings is 1. The van der Waals surface area contributed by atoms with Crippen molar-refractivity contribution in [1.29, 1.82) is 0 Å². The number of rotatable bonds is 3. The number of nitrogens with one attached hydrogen (secondary N) is 1. The van der Waals surface area contributed by atoms with Crippen molar-refractivity contribution in [2.45, 2.75) is 25.0 Å². The molecular formula is C18H23FN4O. The van der Waals surface area contributed by atoms with Crippen LogP contribution in [0.15, 0.2) is 36.7 Å². The Morgan fingerprint density at radius 2 is 2.17 bits per heavy atom. The van der Waals surface area contributed by atoms with Crippen molar-refractivity contribution in [3.8, 4) is 5.69 Å². The monoisotopic (exact) mass is 330 g/mol. The van der Waals surface area contributed by atoms with Gasteiger partial charge in [0.1, 0.15) is 5.82 Å². The second-order valence-electron chi connectivity index (χ2n) is 6.77. The molecule has 5 nitrogen and oxygen atoms in total. The lowest BCUT2D eigenvalue weighted by Gasteiger charge is -2.45. The van der Waals surface area contributed by atoms with E-state index in [1.54, 1.807) is 10.7 Å². The minimum absolute atomic E-state index is 0.0159. The van der Waals surface area contributed by atoms with Gasteiger partial charge in [0.25, 0.3) is 0 Å². The normalized spacial score (nSPS) is 21.2. The van der Waals surface area contributed by atoms with Crippen LogP contribution in [-0.2, 0) is 11.3 Å². The molecule has 0 amide bonds. The van der Waals surface area contributed by atoms with Crippen LogP contribution < -0.4 is 5.32 Å². The zero-order chi connectivity index (χ0) is 16.4. The zero-order valence-corrected chi connectivity index (χ0v) is 13.7. The first kappa shape index (κ1) is 15.7. The Kier molecular flexibility index (Phi) is 4.35. The second-order valence-corrected chi connectivity index (χ2v) is 6.77. The summed E-state index contributed by atoms with van der Waals surface area (Å²) in [5, 5.41) is 7.78. The first-order valence-corrected chi connectivity index (χ1v) is 8.59. The molecule has 1 spiro atoms. The maximum atomic E-state index is 13.4. The molecule has 2 saturated heterocycles. The van der Waals surface area contributed by atoms with Crippen LogP contribution in [0.4, 0.5) is 4.39 Å². The maximum Gasteiger partial charge on any atom is 0.125 e. The SMILES string of the molecule is Fc1cccc(-n2cc(CN3CCOC4(CCNCC4)C3)cn2)c1. The zero-order valence-electron chi connectivity index (χ0n) is 13.7. The summed E-state index contributed by atoms with van der Waals surface area (Å²) in [4.78, 5) is 2.45. The third-order valence-corrected chi connectivity index (χ3v) is 4.96. The van der Waals surface area contributed by atoms with E-state index in [0.717, 1.165) is 63.4 Å². The molecular weight excluding hydrogens is 307 g/mol. The summed E-state index contributed by atoms with van der Waals surface area (Å²) in [6, 6.07) is 6.50. The van der Waals surface area contributed by atoms with Crippen molar-refractivity contribution in [2.24, 2.45) is 0 Å². The van der Waals surface area contributed by atoms with Crippen LogP contribution in [0.2, 0.25) is 0 Å². The molecule has 4 rings (SSSR count). The number of piperidine rings is 1. The summed E-state index contributed by atoms with van der Waals surface area (Å²) in [5.74, 6) is -0.245. The van der Waals surface area contributed by atoms with E-state index in [9.17, 15) is 4.39 Å². The van der Waals surface area contributed by atoms with Crippen LogP contribution >= 0.6 is 0 Å². The summed E-state index contributed by atoms with van der Waals surface area (Å²) in [7, 11) is 0. The fraction of sp³-hybridized carbons (Fsp3) is 0.500. The van der Waals surface area contributed by atoms with E-state index in [1.165, 1.54) is 12.1 Å². The Bertz CT molecular complexity index is 690. The highest BCUT2D eigenvalue weighted by molar-refractivity contribution is 5.31. The van der Waals surface area contributed by atoms with E-state index < -0.39 is 0 Å². The molecule has 1 N–H and O–H groups in total. The molecule has 2 aromatic rings. The maximum absolute atomic E-state index is 13.4. The number of hydrogen-bond acceptors (Lipinski definition) is 4. The van der Waals surface area contributed by atoms with Crippen LogP contribution in [-0.4, -0.2) is 53.1 Å². The lowest BCUT2D eigenvalue weighted by Crippen LogP contribution is -2.55. The average molecular weight is 330 g/mol. The Morgan fingerprint density at radius 3 is 3.00 bits per heavy atom. The largest absolute Gasteiger partial charge is 0.372 e. The van der Waals surface area contributed by atoms with Gasteiger partial charge in [-0.15, -0.1) is 0 Å². The highest BCUT2D eigenvalue weighted by Crippen LogP contribution is 2.28. The van der Waals surface area contributed by atoms with Gasteiger partial charge >= 0.3 is 0 Å². The molecule has 0 aliphatic carbocycles. The van der Waals surface area contributed by atoms with Crippen molar-refractivity contribution >= 4 is 0 Å². The average Bonchev–Trinajstić information content (AvgIpc) is 3.04. The fourth-order valence-electron chi connectivity index (χ4n) is 3.70. The summed E-state index contributed by atoms with van der Waals surface area (Å²) in [6.45, 7) is 5.63. The minimum Gasteiger partial charge on any atom is -0.372 e. The molecule has 6 heteroatoms. The van der Waals surface area contributed by atoms with Crippen molar-refractivity contribution in [3.05, 3.63) is 48.0 Å². The van der Waals surface area contributed by atoms with Crippen molar-refractivity contribution in [2.75, 3.05) is 32.8 Å². The number of ether oxygens (including phenoxy) is 1. The third-order valence-electron chi connectivity index (χ3n) is 4.96. The number of benzene rings is 1. The van der Waals surface area contributed by atoms with E-state index >= 15 is 0 Å². The van der Waals surface area contributed by atoms with Crippen molar-refractivity contribution in [3.63, 3.8) is 0 Å². The molecule has 2 fully saturated rings. The van der Waals surface area contributed by atoms with Crippen LogP contribution in [0.3, 0.4) is 0 Å². The van der Waals surface area contributed by atoms with Gasteiger partial charge < -0.3 is 10.1 Å². The van der Waals surface area contributed by atoms with Crippen molar-refractivity contribution < 1.29 is 9.13 Å². The lowest BCUT2D eigenvalue weighted by molar-refractivity contribution is -0.125. The summed E-state index contributed by atoms with van der Waals surface area (Å²) in [6.07, 6.45) is 6.01. The van der Waals surface area contributed by atoms with Gasteiger partial charge in [-0.2, -0.15) is 5.10 Å². The van der Waals surface area contributed by atoms with Gasteiger partial charge in [-0.3, -0.25) is 4.90 Å². The van der Waals surface area contributed by atoms with Gasteiger partial charge in [0, 0.05) is 31.4 Å². The Hall–Kier alpha value is -1.76. The number of nitrogens with zero attached hydrogens (tertiary/aromatic N) is 3. The first-order chi connectivity index (χ1) is 11.7. The van der Waals surface area contributed by atoms with Gasteiger partial charge in [0.2, 0.25) is 0 Å². The quantitative estimate of drug-likeness (QED) is 0.934. The molecule has 24 heavy (non-hydrogen) atoms. The van der Waals surface area contributed by atoms with Crippen LogP contribution in [0.1, 0.15) is 18.4 Å². The van der Waals surface area contributed by atoms with Gasteiger partial charge in [0.15, 0.2) is 0 Å². The molecule has 2 aliphatic heterocycles. The van der Waals surface area contributed by atoms with Gasteiger partial charge in [-0.25, -0.2) is 9.07 Å². The van der Waals surface area contributed by atoms with E-state index in [2.05, 4.69) is 15.3 Å². The number of hydrogen-bond donors (Lipinski definition) is 1. The van der Waals surface area contributed by atoms with Gasteiger partial charge in [0.05, 0.1) is 24.1 Å². The molecule has 0 unspecified atom stereocenters. The second kappa shape index (κ2) is 6.63. The van der Waals surface area contributed by atoms with Crippen molar-refractivity contribution in [1.82, 2.24) is 20.0 Å². The van der Waals surface area contributed by atoms with Crippen LogP contribution in [0, 0.1) is 5.82 Å². The summed E-state index contributed by atoms with van der Waals surface area (Å²) >= 11 is 0. The van der Waals surface area contributed by atoms with E-state index in [4.69, 9.17) is 4.74 Å². The van der Waals surface area contributed by atoms with Gasteiger partial charge in [-0.1, -0.05) is 6.07 Å². The smallest absolute Gasteiger partial charge is 0.125 e. The molecule has 0 atom stereocenters. The molecule has 128 valence electrons. The molecule has 0 radical (unpaired) electrons. The summed E-state index contributed by atoms with van der Waals surface area (Å²) in [5.41, 5.74) is 1.91. The predicted octanol–water partition coefficient (Wildman–Crippen LogP) is 1.97. The molecule has 1 aromatic heterocycles. The Labute approximate surface area is 141 Å². The highest BCUT2D eigenvalue weighted by atomic mass is 19.1. The standard InChI is InChI=1S/C18H23FN4O/c19-16-2-1-3-17(10-16)23-13-15(11-21-23)12-22-8-9-24-18(14-22)4-6-20-7-5-18/h1-3,10-11,13,20H,4-9,12,14H2. The first-order valence-electron chi connectivity index (χ1n) is 8.59. The van der Waals surface area contributed by atoms with E-state index in [-0.39, 0.29) is 11.4 Å². The number of halogens is 1. The topological polar surface area (TPSA) is 42.3 Å². The molecule has 0 bridgehead atoms. The Morgan fingerprint density at radius 1 is 1.29 bits per heavy atom. The fourth-order valence-corrected chi connectivity index (χ4v) is 3.70. The Balaban J connectivity index is 1.44. The van der Waals surface area contributed by atoms with Crippen LogP contribution in [0.25, 0.3) is 5.69 Å². The van der Waals surface area contributed by atoms with Gasteiger partial charge in [-0.05, 0) is 44.1 Å². The number of aromatic nitrogens is 2. The molecule has 2 aliphatic rings. The van der Waals surface area contributed by atoms with E-state index in [1.807, 2.05) is 18.5 Å². The predicted molar refractivity (Wildman–Crippen MR) is 89.6 cm³/mol. The molecule has 1 aromatic carbocycles. The van der Waals surface area contributed by atoms with E-state index in [0.29, 0.717) is 0 Å². The molecule has 3 heterocycles. The lowest BCUT2D eigenvalue weighted by atomic mass is 9.90. The van der Waals surface area contributed by atoms with Crippen LogP contribution in [0.5, 0.6) is 0 Å². The highest BCUT2D eigenvalue weighted by Gasteiger charge is 2.37. The summed E-state index contributed by atoms with van der Waals surface area (Å²) < 4.78 is 21.2. The molecule has 0 saturated carbocycles.